The number of hydrogen-bond donors (Lipinski definition) is 1. The average molecular weight is 263 g/mol. The van der Waals surface area contributed by atoms with Crippen LogP contribution in [0.2, 0.25) is 0 Å². The summed E-state index contributed by atoms with van der Waals surface area (Å²) in [5.74, 6) is -0.717. The molecule has 0 radical (unpaired) electrons. The maximum Gasteiger partial charge on any atom is 0.374 e. The second kappa shape index (κ2) is 5.53. The van der Waals surface area contributed by atoms with Crippen molar-refractivity contribution < 1.29 is 23.9 Å². The van der Waals surface area contributed by atoms with Crippen LogP contribution in [0.3, 0.4) is 0 Å². The van der Waals surface area contributed by atoms with E-state index in [0.717, 1.165) is 11.1 Å². The van der Waals surface area contributed by atoms with E-state index >= 15 is 0 Å². The Bertz CT molecular complexity index is 590. The van der Waals surface area contributed by atoms with Crippen LogP contribution in [0.15, 0.2) is 28.8 Å². The topological polar surface area (TPSA) is 81.8 Å². The van der Waals surface area contributed by atoms with E-state index in [4.69, 9.17) is 19.1 Å². The molecule has 6 heteroatoms. The third-order valence-corrected chi connectivity index (χ3v) is 2.61. The fourth-order valence-electron chi connectivity index (χ4n) is 1.71. The number of aromatic carboxylic acids is 1. The second-order valence-electron chi connectivity index (χ2n) is 3.84. The van der Waals surface area contributed by atoms with Crippen molar-refractivity contribution in [2.24, 2.45) is 0 Å². The van der Waals surface area contributed by atoms with Gasteiger partial charge in [0.2, 0.25) is 5.76 Å². The molecular weight excluding hydrogens is 250 g/mol. The normalized spacial score (nSPS) is 10.4. The Labute approximate surface area is 109 Å². The Balaban J connectivity index is 2.47. The first kappa shape index (κ1) is 13.1. The zero-order valence-corrected chi connectivity index (χ0v) is 10.5. The highest BCUT2D eigenvalue weighted by atomic mass is 16.5. The smallest absolute Gasteiger partial charge is 0.374 e. The van der Waals surface area contributed by atoms with Crippen LogP contribution in [0.1, 0.15) is 16.1 Å². The molecule has 0 unspecified atom stereocenters. The van der Waals surface area contributed by atoms with Crippen molar-refractivity contribution in [2.45, 2.75) is 6.61 Å². The van der Waals surface area contributed by atoms with Crippen molar-refractivity contribution in [3.8, 4) is 17.0 Å². The Kier molecular flexibility index (Phi) is 3.82. The number of nitrogens with zero attached hydrogens (tertiary/aromatic N) is 1. The third-order valence-electron chi connectivity index (χ3n) is 2.61. The Hall–Kier alpha value is -2.34. The number of carboxylic acid groups (broad SMARTS) is 1. The molecule has 1 aromatic heterocycles. The number of ether oxygens (including phenoxy) is 2. The van der Waals surface area contributed by atoms with E-state index in [0.29, 0.717) is 18.1 Å². The number of carboxylic acids is 1. The molecule has 0 saturated carbocycles. The summed E-state index contributed by atoms with van der Waals surface area (Å²) in [5, 5.41) is 12.6. The van der Waals surface area contributed by atoms with Gasteiger partial charge < -0.3 is 19.1 Å². The summed E-state index contributed by atoms with van der Waals surface area (Å²) in [6, 6.07) is 6.77. The first-order valence-corrected chi connectivity index (χ1v) is 5.52. The van der Waals surface area contributed by atoms with Crippen LogP contribution in [0, 0.1) is 0 Å². The molecular formula is C13H13NO5. The first-order chi connectivity index (χ1) is 9.15. The van der Waals surface area contributed by atoms with Crippen LogP contribution in [0.25, 0.3) is 11.3 Å². The largest absolute Gasteiger partial charge is 0.497 e. The number of rotatable bonds is 5. The lowest BCUT2D eigenvalue weighted by Crippen LogP contribution is -1.94. The fourth-order valence-corrected chi connectivity index (χ4v) is 1.71. The van der Waals surface area contributed by atoms with E-state index in [1.54, 1.807) is 26.4 Å². The lowest BCUT2D eigenvalue weighted by molar-refractivity contribution is 0.0652. The van der Waals surface area contributed by atoms with Gasteiger partial charge in [-0.25, -0.2) is 4.79 Å². The fraction of sp³-hybridized carbons (Fsp3) is 0.231. The molecule has 100 valence electrons. The Morgan fingerprint density at radius 3 is 2.74 bits per heavy atom. The van der Waals surface area contributed by atoms with E-state index < -0.39 is 5.97 Å². The summed E-state index contributed by atoms with van der Waals surface area (Å²) in [7, 11) is 3.14. The first-order valence-electron chi connectivity index (χ1n) is 5.52. The van der Waals surface area contributed by atoms with Crippen LogP contribution in [-0.4, -0.2) is 30.5 Å². The second-order valence-corrected chi connectivity index (χ2v) is 3.84. The molecule has 0 amide bonds. The van der Waals surface area contributed by atoms with Gasteiger partial charge in [-0.05, 0) is 17.7 Å². The molecule has 0 atom stereocenters. The molecule has 0 spiro atoms. The Morgan fingerprint density at radius 1 is 1.37 bits per heavy atom. The number of aromatic nitrogens is 1. The van der Waals surface area contributed by atoms with Gasteiger partial charge in [-0.3, -0.25) is 0 Å². The zero-order valence-electron chi connectivity index (χ0n) is 10.5. The SMILES string of the molecule is COCc1ccc(OC)cc1-c1cc(C(=O)O)on1. The van der Waals surface area contributed by atoms with E-state index in [-0.39, 0.29) is 5.76 Å². The Morgan fingerprint density at radius 2 is 2.16 bits per heavy atom. The minimum absolute atomic E-state index is 0.207. The molecule has 0 aliphatic heterocycles. The van der Waals surface area contributed by atoms with E-state index in [1.807, 2.05) is 6.07 Å². The zero-order chi connectivity index (χ0) is 13.8. The molecule has 0 aliphatic carbocycles. The van der Waals surface area contributed by atoms with Gasteiger partial charge >= 0.3 is 5.97 Å². The quantitative estimate of drug-likeness (QED) is 0.890. The molecule has 0 bridgehead atoms. The maximum absolute atomic E-state index is 10.8. The number of carbonyl (C=O) groups is 1. The summed E-state index contributed by atoms with van der Waals surface area (Å²) in [6.45, 7) is 0.384. The van der Waals surface area contributed by atoms with E-state index in [2.05, 4.69) is 5.16 Å². The van der Waals surface area contributed by atoms with Crippen molar-refractivity contribution in [2.75, 3.05) is 14.2 Å². The summed E-state index contributed by atoms with van der Waals surface area (Å²) < 4.78 is 15.0. The molecule has 2 aromatic rings. The van der Waals surface area contributed by atoms with E-state index in [1.165, 1.54) is 6.07 Å². The average Bonchev–Trinajstić information content (AvgIpc) is 2.89. The summed E-state index contributed by atoms with van der Waals surface area (Å²) in [5.41, 5.74) is 2.02. The van der Waals surface area contributed by atoms with Gasteiger partial charge in [0.15, 0.2) is 0 Å². The molecule has 0 aliphatic rings. The van der Waals surface area contributed by atoms with Gasteiger partial charge in [0.1, 0.15) is 11.4 Å². The van der Waals surface area contributed by atoms with Gasteiger partial charge in [-0.2, -0.15) is 0 Å². The van der Waals surface area contributed by atoms with Crippen molar-refractivity contribution in [1.82, 2.24) is 5.16 Å². The van der Waals surface area contributed by atoms with Crippen molar-refractivity contribution in [1.29, 1.82) is 0 Å². The lowest BCUT2D eigenvalue weighted by Gasteiger charge is -2.08. The van der Waals surface area contributed by atoms with Gasteiger partial charge in [-0.15, -0.1) is 0 Å². The predicted octanol–water partition coefficient (Wildman–Crippen LogP) is 2.19. The minimum atomic E-state index is -1.16. The van der Waals surface area contributed by atoms with Crippen LogP contribution >= 0.6 is 0 Å². The molecule has 6 nitrogen and oxygen atoms in total. The van der Waals surface area contributed by atoms with Gasteiger partial charge in [-0.1, -0.05) is 11.2 Å². The van der Waals surface area contributed by atoms with Crippen LogP contribution in [-0.2, 0) is 11.3 Å². The highest BCUT2D eigenvalue weighted by Gasteiger charge is 2.15. The molecule has 1 N–H and O–H groups in total. The summed E-state index contributed by atoms with van der Waals surface area (Å²) in [4.78, 5) is 10.8. The summed E-state index contributed by atoms with van der Waals surface area (Å²) >= 11 is 0. The maximum atomic E-state index is 10.8. The number of benzene rings is 1. The lowest BCUT2D eigenvalue weighted by atomic mass is 10.0. The van der Waals surface area contributed by atoms with E-state index in [9.17, 15) is 4.79 Å². The van der Waals surface area contributed by atoms with Gasteiger partial charge in [0.25, 0.3) is 0 Å². The minimum Gasteiger partial charge on any atom is -0.497 e. The van der Waals surface area contributed by atoms with Crippen LogP contribution in [0.4, 0.5) is 0 Å². The molecule has 19 heavy (non-hydrogen) atoms. The van der Waals surface area contributed by atoms with Crippen molar-refractivity contribution >= 4 is 5.97 Å². The van der Waals surface area contributed by atoms with Crippen molar-refractivity contribution in [3.05, 3.63) is 35.6 Å². The summed E-state index contributed by atoms with van der Waals surface area (Å²) in [6.07, 6.45) is 0. The highest BCUT2D eigenvalue weighted by Crippen LogP contribution is 2.28. The van der Waals surface area contributed by atoms with Gasteiger partial charge in [0, 0.05) is 18.7 Å². The highest BCUT2D eigenvalue weighted by molar-refractivity contribution is 5.86. The van der Waals surface area contributed by atoms with Crippen molar-refractivity contribution in [3.63, 3.8) is 0 Å². The monoisotopic (exact) mass is 263 g/mol. The van der Waals surface area contributed by atoms with Crippen LogP contribution in [0.5, 0.6) is 5.75 Å². The number of methoxy groups -OCH3 is 2. The molecule has 0 fully saturated rings. The molecule has 1 heterocycles. The van der Waals surface area contributed by atoms with Gasteiger partial charge in [0.05, 0.1) is 13.7 Å². The third kappa shape index (κ3) is 2.74. The standard InChI is InChI=1S/C13H13NO5/c1-17-7-8-3-4-9(18-2)5-10(8)11-6-12(13(15)16)19-14-11/h3-6H,7H2,1-2H3,(H,15,16). The molecule has 2 rings (SSSR count). The van der Waals surface area contributed by atoms with Crippen LogP contribution < -0.4 is 4.74 Å². The molecule has 0 saturated heterocycles. The predicted molar refractivity (Wildman–Crippen MR) is 66.2 cm³/mol. The number of hydrogen-bond acceptors (Lipinski definition) is 5. The molecule has 1 aromatic carbocycles.